The Kier molecular flexibility index (Phi) is 6.85. The van der Waals surface area contributed by atoms with E-state index in [0.717, 1.165) is 36.9 Å². The summed E-state index contributed by atoms with van der Waals surface area (Å²) < 4.78 is 26.6. The van der Waals surface area contributed by atoms with E-state index in [9.17, 15) is 13.6 Å². The van der Waals surface area contributed by atoms with Gasteiger partial charge in [0, 0.05) is 13.0 Å². The zero-order valence-corrected chi connectivity index (χ0v) is 17.8. The molecule has 0 fully saturated rings. The molecule has 0 spiro atoms. The minimum Gasteiger partial charge on any atom is -0.342 e. The Morgan fingerprint density at radius 2 is 1.67 bits per heavy atom. The van der Waals surface area contributed by atoms with Crippen molar-refractivity contribution in [2.45, 2.75) is 58.0 Å². The lowest BCUT2D eigenvalue weighted by Crippen LogP contribution is -2.44. The maximum absolute atomic E-state index is 13.4. The van der Waals surface area contributed by atoms with E-state index in [1.54, 1.807) is 24.3 Å². The van der Waals surface area contributed by atoms with Crippen LogP contribution in [0.2, 0.25) is 0 Å². The number of carbonyl (C=O) groups excluding carboxylic acids is 1. The van der Waals surface area contributed by atoms with Crippen molar-refractivity contribution < 1.29 is 13.6 Å². The van der Waals surface area contributed by atoms with Gasteiger partial charge in [-0.2, -0.15) is 5.10 Å². The second-order valence-electron chi connectivity index (χ2n) is 8.27. The van der Waals surface area contributed by atoms with Crippen LogP contribution in [0.4, 0.5) is 8.78 Å². The number of amides is 1. The third-order valence-electron chi connectivity index (χ3n) is 5.50. The van der Waals surface area contributed by atoms with Gasteiger partial charge in [0.15, 0.2) is 0 Å². The monoisotopic (exact) mass is 413 g/mol. The van der Waals surface area contributed by atoms with E-state index in [0.29, 0.717) is 12.1 Å². The topological polar surface area (TPSA) is 44.7 Å². The molecule has 1 atom stereocenters. The Bertz CT molecular complexity index is 892. The standard InChI is InChI=1S/C24H29F2N3O/c1-4-5-6-15-29-22(17-7-11-19(25)12-8-17)16-21(28-29)23(30)27-24(2,3)18-9-13-20(26)14-10-18/h7-14,22H,4-6,15-16H2,1-3H3,(H,27,30). The van der Waals surface area contributed by atoms with E-state index in [1.807, 2.05) is 18.9 Å². The Hall–Kier alpha value is -2.76. The number of unbranched alkanes of at least 4 members (excludes halogenated alkanes) is 2. The van der Waals surface area contributed by atoms with Crippen LogP contribution in [0.3, 0.4) is 0 Å². The Morgan fingerprint density at radius 3 is 2.27 bits per heavy atom. The molecule has 0 aromatic heterocycles. The second-order valence-corrected chi connectivity index (χ2v) is 8.27. The van der Waals surface area contributed by atoms with E-state index in [4.69, 9.17) is 0 Å². The van der Waals surface area contributed by atoms with Crippen molar-refractivity contribution in [2.24, 2.45) is 5.10 Å². The first-order valence-corrected chi connectivity index (χ1v) is 10.5. The summed E-state index contributed by atoms with van der Waals surface area (Å²) in [4.78, 5) is 13.0. The van der Waals surface area contributed by atoms with Gasteiger partial charge in [0.1, 0.15) is 17.3 Å². The molecule has 1 heterocycles. The highest BCUT2D eigenvalue weighted by Gasteiger charge is 2.33. The highest BCUT2D eigenvalue weighted by atomic mass is 19.1. The smallest absolute Gasteiger partial charge is 0.268 e. The number of benzene rings is 2. The summed E-state index contributed by atoms with van der Waals surface area (Å²) in [5.74, 6) is -0.838. The first-order valence-electron chi connectivity index (χ1n) is 10.5. The zero-order chi connectivity index (χ0) is 21.7. The van der Waals surface area contributed by atoms with Crippen LogP contribution in [0.15, 0.2) is 53.6 Å². The summed E-state index contributed by atoms with van der Waals surface area (Å²) >= 11 is 0. The summed E-state index contributed by atoms with van der Waals surface area (Å²) in [5.41, 5.74) is 1.54. The van der Waals surface area contributed by atoms with Crippen LogP contribution < -0.4 is 5.32 Å². The Labute approximate surface area is 177 Å². The molecule has 160 valence electrons. The lowest BCUT2D eigenvalue weighted by Gasteiger charge is -2.26. The normalized spacial score (nSPS) is 16.5. The predicted octanol–water partition coefficient (Wildman–Crippen LogP) is 5.31. The van der Waals surface area contributed by atoms with Gasteiger partial charge < -0.3 is 5.32 Å². The molecule has 6 heteroatoms. The quantitative estimate of drug-likeness (QED) is 0.596. The summed E-state index contributed by atoms with van der Waals surface area (Å²) in [6.07, 6.45) is 3.62. The molecular weight excluding hydrogens is 384 g/mol. The zero-order valence-electron chi connectivity index (χ0n) is 17.8. The largest absolute Gasteiger partial charge is 0.342 e. The number of nitrogens with zero attached hydrogens (tertiary/aromatic N) is 2. The molecule has 1 aliphatic heterocycles. The maximum Gasteiger partial charge on any atom is 0.268 e. The van der Waals surface area contributed by atoms with E-state index in [2.05, 4.69) is 17.3 Å². The summed E-state index contributed by atoms with van der Waals surface area (Å²) in [7, 11) is 0. The van der Waals surface area contributed by atoms with Crippen LogP contribution in [0, 0.1) is 11.6 Å². The summed E-state index contributed by atoms with van der Waals surface area (Å²) in [5, 5.41) is 9.59. The van der Waals surface area contributed by atoms with Gasteiger partial charge in [0.05, 0.1) is 11.6 Å². The fraction of sp³-hybridized carbons (Fsp3) is 0.417. The van der Waals surface area contributed by atoms with Crippen LogP contribution in [0.1, 0.15) is 63.6 Å². The first kappa shape index (κ1) is 21.9. The van der Waals surface area contributed by atoms with Gasteiger partial charge in [-0.15, -0.1) is 0 Å². The van der Waals surface area contributed by atoms with Gasteiger partial charge in [0.25, 0.3) is 5.91 Å². The number of nitrogens with one attached hydrogen (secondary N) is 1. The van der Waals surface area contributed by atoms with Gasteiger partial charge in [-0.25, -0.2) is 8.78 Å². The van der Waals surface area contributed by atoms with Crippen molar-refractivity contribution in [3.63, 3.8) is 0 Å². The van der Waals surface area contributed by atoms with Crippen molar-refractivity contribution in [2.75, 3.05) is 6.54 Å². The van der Waals surface area contributed by atoms with Gasteiger partial charge >= 0.3 is 0 Å². The Morgan fingerprint density at radius 1 is 1.07 bits per heavy atom. The van der Waals surface area contributed by atoms with Crippen molar-refractivity contribution in [3.8, 4) is 0 Å². The van der Waals surface area contributed by atoms with E-state index < -0.39 is 5.54 Å². The van der Waals surface area contributed by atoms with E-state index in [1.165, 1.54) is 24.3 Å². The second kappa shape index (κ2) is 9.37. The minimum atomic E-state index is -0.672. The minimum absolute atomic E-state index is 0.0860. The third-order valence-corrected chi connectivity index (χ3v) is 5.50. The fourth-order valence-electron chi connectivity index (χ4n) is 3.69. The summed E-state index contributed by atoms with van der Waals surface area (Å²) in [6, 6.07) is 12.4. The van der Waals surface area contributed by atoms with Gasteiger partial charge in [-0.05, 0) is 55.7 Å². The molecule has 1 unspecified atom stereocenters. The van der Waals surface area contributed by atoms with Gasteiger partial charge in [-0.3, -0.25) is 9.80 Å². The van der Waals surface area contributed by atoms with Crippen LogP contribution in [0.25, 0.3) is 0 Å². The average Bonchev–Trinajstić information content (AvgIpc) is 3.13. The highest BCUT2D eigenvalue weighted by molar-refractivity contribution is 6.39. The van der Waals surface area contributed by atoms with Gasteiger partial charge in [0.2, 0.25) is 0 Å². The molecule has 0 saturated heterocycles. The van der Waals surface area contributed by atoms with E-state index >= 15 is 0 Å². The number of carbonyl (C=O) groups is 1. The van der Waals surface area contributed by atoms with Crippen molar-refractivity contribution in [1.82, 2.24) is 10.3 Å². The fourth-order valence-corrected chi connectivity index (χ4v) is 3.69. The molecule has 0 bridgehead atoms. The third kappa shape index (κ3) is 5.23. The Balaban J connectivity index is 1.76. The van der Waals surface area contributed by atoms with Crippen molar-refractivity contribution >= 4 is 11.6 Å². The molecule has 0 saturated carbocycles. The summed E-state index contributed by atoms with van der Waals surface area (Å²) in [6.45, 7) is 6.64. The molecule has 2 aromatic rings. The highest BCUT2D eigenvalue weighted by Crippen LogP contribution is 2.32. The molecule has 1 aliphatic rings. The average molecular weight is 414 g/mol. The molecule has 4 nitrogen and oxygen atoms in total. The maximum atomic E-state index is 13.4. The van der Waals surface area contributed by atoms with Gasteiger partial charge in [-0.1, -0.05) is 44.0 Å². The lowest BCUT2D eigenvalue weighted by molar-refractivity contribution is -0.116. The molecule has 1 amide bonds. The van der Waals surface area contributed by atoms with Crippen LogP contribution in [0.5, 0.6) is 0 Å². The lowest BCUT2D eigenvalue weighted by atomic mass is 9.93. The number of rotatable bonds is 8. The number of hydrogen-bond donors (Lipinski definition) is 1. The van der Waals surface area contributed by atoms with Crippen LogP contribution in [-0.2, 0) is 10.3 Å². The number of hydrogen-bond acceptors (Lipinski definition) is 3. The molecule has 30 heavy (non-hydrogen) atoms. The molecule has 2 aromatic carbocycles. The SMILES string of the molecule is CCCCCN1N=C(C(=O)NC(C)(C)c2ccc(F)cc2)CC1c1ccc(F)cc1. The van der Waals surface area contributed by atoms with Crippen molar-refractivity contribution in [1.29, 1.82) is 0 Å². The predicted molar refractivity (Wildman–Crippen MR) is 115 cm³/mol. The molecule has 0 radical (unpaired) electrons. The van der Waals surface area contributed by atoms with Crippen molar-refractivity contribution in [3.05, 3.63) is 71.3 Å². The molecule has 1 N–H and O–H groups in total. The molecule has 3 rings (SSSR count). The number of halogens is 2. The van der Waals surface area contributed by atoms with Crippen LogP contribution in [-0.4, -0.2) is 23.2 Å². The first-order chi connectivity index (χ1) is 14.3. The van der Waals surface area contributed by atoms with Crippen LogP contribution >= 0.6 is 0 Å². The van der Waals surface area contributed by atoms with E-state index in [-0.39, 0.29) is 23.6 Å². The number of hydrazone groups is 1. The molecule has 0 aliphatic carbocycles. The molecular formula is C24H29F2N3O.